The van der Waals surface area contributed by atoms with E-state index in [2.05, 4.69) is 24.8 Å². The second-order valence-electron chi connectivity index (χ2n) is 4.93. The normalized spacial score (nSPS) is 16.2. The van der Waals surface area contributed by atoms with E-state index < -0.39 is 0 Å². The van der Waals surface area contributed by atoms with Gasteiger partial charge in [0.25, 0.3) is 0 Å². The highest BCUT2D eigenvalue weighted by Gasteiger charge is 2.17. The molecule has 0 bridgehead atoms. The Labute approximate surface area is 104 Å². The Bertz CT molecular complexity index is 376. The third-order valence-corrected chi connectivity index (χ3v) is 3.25. The Morgan fingerprint density at radius 1 is 1.41 bits per heavy atom. The fraction of sp³-hybridized carbons (Fsp3) is 0.571. The summed E-state index contributed by atoms with van der Waals surface area (Å²) in [5.74, 6) is 0. The van der Waals surface area contributed by atoms with Gasteiger partial charge >= 0.3 is 0 Å². The summed E-state index contributed by atoms with van der Waals surface area (Å²) in [6.45, 7) is 8.01. The Morgan fingerprint density at radius 2 is 2.24 bits per heavy atom. The van der Waals surface area contributed by atoms with Crippen LogP contribution in [0.1, 0.15) is 25.0 Å². The van der Waals surface area contributed by atoms with E-state index in [4.69, 9.17) is 10.5 Å². The van der Waals surface area contributed by atoms with Crippen LogP contribution >= 0.6 is 0 Å². The molecular formula is C14H22N2O. The molecule has 1 heterocycles. The Morgan fingerprint density at radius 3 is 3.00 bits per heavy atom. The zero-order valence-electron chi connectivity index (χ0n) is 10.8. The van der Waals surface area contributed by atoms with Crippen molar-refractivity contribution in [3.63, 3.8) is 0 Å². The van der Waals surface area contributed by atoms with Crippen LogP contribution in [-0.2, 0) is 17.7 Å². The van der Waals surface area contributed by atoms with Crippen molar-refractivity contribution in [1.82, 2.24) is 4.90 Å². The number of hydrogen-bond acceptors (Lipinski definition) is 3. The number of nitrogens with zero attached hydrogens (tertiary/aromatic N) is 1. The number of nitrogens with two attached hydrogens (primary N) is 1. The van der Waals surface area contributed by atoms with Crippen LogP contribution in [0.5, 0.6) is 0 Å². The second-order valence-corrected chi connectivity index (χ2v) is 4.93. The number of rotatable bonds is 4. The number of hydrogen-bond donors (Lipinski definition) is 1. The first-order chi connectivity index (χ1) is 8.16. The molecule has 0 amide bonds. The topological polar surface area (TPSA) is 38.5 Å². The fourth-order valence-corrected chi connectivity index (χ4v) is 2.27. The third-order valence-electron chi connectivity index (χ3n) is 3.25. The van der Waals surface area contributed by atoms with E-state index >= 15 is 0 Å². The highest BCUT2D eigenvalue weighted by atomic mass is 16.5. The lowest BCUT2D eigenvalue weighted by Crippen LogP contribution is -2.34. The maximum absolute atomic E-state index is 6.02. The average Bonchev–Trinajstić information content (AvgIpc) is 2.30. The van der Waals surface area contributed by atoms with Crippen molar-refractivity contribution in [2.75, 3.05) is 25.4 Å². The van der Waals surface area contributed by atoms with Crippen molar-refractivity contribution in [2.24, 2.45) is 0 Å². The van der Waals surface area contributed by atoms with E-state index in [-0.39, 0.29) is 0 Å². The predicted molar refractivity (Wildman–Crippen MR) is 70.9 cm³/mol. The highest BCUT2D eigenvalue weighted by molar-refractivity contribution is 5.51. The van der Waals surface area contributed by atoms with Gasteiger partial charge < -0.3 is 10.5 Å². The lowest BCUT2D eigenvalue weighted by Gasteiger charge is -2.29. The number of anilines is 1. The zero-order chi connectivity index (χ0) is 12.3. The first-order valence-corrected chi connectivity index (χ1v) is 6.37. The monoisotopic (exact) mass is 234 g/mol. The summed E-state index contributed by atoms with van der Waals surface area (Å²) in [5.41, 5.74) is 9.67. The van der Waals surface area contributed by atoms with Crippen molar-refractivity contribution in [1.29, 1.82) is 0 Å². The first kappa shape index (κ1) is 12.4. The van der Waals surface area contributed by atoms with Gasteiger partial charge in [-0.2, -0.15) is 0 Å². The van der Waals surface area contributed by atoms with Crippen LogP contribution in [-0.4, -0.2) is 30.7 Å². The minimum atomic E-state index is 0.317. The molecule has 94 valence electrons. The minimum absolute atomic E-state index is 0.317. The zero-order valence-corrected chi connectivity index (χ0v) is 10.8. The Balaban J connectivity index is 1.92. The van der Waals surface area contributed by atoms with Crippen molar-refractivity contribution >= 4 is 5.69 Å². The molecule has 3 nitrogen and oxygen atoms in total. The van der Waals surface area contributed by atoms with Crippen LogP contribution in [0.3, 0.4) is 0 Å². The van der Waals surface area contributed by atoms with Gasteiger partial charge in [-0.15, -0.1) is 0 Å². The van der Waals surface area contributed by atoms with Gasteiger partial charge in [0.05, 0.1) is 12.7 Å². The molecular weight excluding hydrogens is 212 g/mol. The smallest absolute Gasteiger partial charge is 0.0597 e. The van der Waals surface area contributed by atoms with Crippen LogP contribution in [0.2, 0.25) is 0 Å². The molecule has 17 heavy (non-hydrogen) atoms. The van der Waals surface area contributed by atoms with Crippen LogP contribution in [0.15, 0.2) is 18.2 Å². The maximum atomic E-state index is 6.02. The lowest BCUT2D eigenvalue weighted by molar-refractivity contribution is 0.0563. The molecule has 0 aliphatic carbocycles. The summed E-state index contributed by atoms with van der Waals surface area (Å²) in [7, 11) is 0. The molecule has 0 aromatic heterocycles. The highest BCUT2D eigenvalue weighted by Crippen LogP contribution is 2.23. The third kappa shape index (κ3) is 3.20. The largest absolute Gasteiger partial charge is 0.398 e. The molecule has 1 aliphatic heterocycles. The van der Waals surface area contributed by atoms with Crippen LogP contribution in [0.4, 0.5) is 5.69 Å². The maximum Gasteiger partial charge on any atom is 0.0597 e. The molecule has 0 radical (unpaired) electrons. The number of ether oxygens (including phenoxy) is 1. The quantitative estimate of drug-likeness (QED) is 0.810. The molecule has 2 rings (SSSR count). The molecule has 0 atom stereocenters. The molecule has 1 aromatic rings. The van der Waals surface area contributed by atoms with Crippen LogP contribution < -0.4 is 5.73 Å². The summed E-state index contributed by atoms with van der Waals surface area (Å²) in [4.78, 5) is 2.42. The summed E-state index contributed by atoms with van der Waals surface area (Å²) in [5, 5.41) is 0. The van der Waals surface area contributed by atoms with Gasteiger partial charge in [0.15, 0.2) is 0 Å². The fourth-order valence-electron chi connectivity index (χ4n) is 2.27. The molecule has 2 N–H and O–H groups in total. The standard InChI is InChI=1S/C14H22N2O/c1-11(2)17-9-8-16-7-6-12-4-3-5-14(15)13(12)10-16/h3-5,11H,6-10,15H2,1-2H3. The van der Waals surface area contributed by atoms with E-state index in [1.165, 1.54) is 11.1 Å². The van der Waals surface area contributed by atoms with Gasteiger partial charge in [-0.1, -0.05) is 12.1 Å². The Hall–Kier alpha value is -1.06. The van der Waals surface area contributed by atoms with Gasteiger partial charge in [0.2, 0.25) is 0 Å². The summed E-state index contributed by atoms with van der Waals surface area (Å²) in [6, 6.07) is 6.23. The molecule has 0 saturated carbocycles. The Kier molecular flexibility index (Phi) is 4.02. The van der Waals surface area contributed by atoms with Gasteiger partial charge in [-0.3, -0.25) is 4.90 Å². The SMILES string of the molecule is CC(C)OCCN1CCc2cccc(N)c2C1. The van der Waals surface area contributed by atoms with Gasteiger partial charge in [-0.25, -0.2) is 0 Å². The molecule has 1 aliphatic rings. The van der Waals surface area contributed by atoms with E-state index in [9.17, 15) is 0 Å². The first-order valence-electron chi connectivity index (χ1n) is 6.37. The van der Waals surface area contributed by atoms with E-state index in [0.29, 0.717) is 6.10 Å². The molecule has 0 spiro atoms. The van der Waals surface area contributed by atoms with Crippen molar-refractivity contribution < 1.29 is 4.74 Å². The number of nitrogen functional groups attached to an aromatic ring is 1. The average molecular weight is 234 g/mol. The van der Waals surface area contributed by atoms with Crippen LogP contribution in [0.25, 0.3) is 0 Å². The van der Waals surface area contributed by atoms with Gasteiger partial charge in [0, 0.05) is 25.3 Å². The summed E-state index contributed by atoms with van der Waals surface area (Å²) < 4.78 is 5.59. The summed E-state index contributed by atoms with van der Waals surface area (Å²) >= 11 is 0. The molecule has 0 unspecified atom stereocenters. The predicted octanol–water partition coefficient (Wildman–Crippen LogP) is 2.05. The lowest BCUT2D eigenvalue weighted by atomic mass is 9.98. The van der Waals surface area contributed by atoms with Crippen LogP contribution in [0, 0.1) is 0 Å². The van der Waals surface area contributed by atoms with E-state index in [1.807, 2.05) is 12.1 Å². The molecule has 3 heteroatoms. The van der Waals surface area contributed by atoms with Gasteiger partial charge in [0.1, 0.15) is 0 Å². The summed E-state index contributed by atoms with van der Waals surface area (Å²) in [6.07, 6.45) is 1.42. The minimum Gasteiger partial charge on any atom is -0.398 e. The van der Waals surface area contributed by atoms with Crippen molar-refractivity contribution in [3.8, 4) is 0 Å². The van der Waals surface area contributed by atoms with E-state index in [0.717, 1.165) is 38.3 Å². The second kappa shape index (κ2) is 5.52. The number of fused-ring (bicyclic) bond motifs is 1. The molecule has 0 fully saturated rings. The van der Waals surface area contributed by atoms with Crippen molar-refractivity contribution in [2.45, 2.75) is 32.9 Å². The molecule has 1 aromatic carbocycles. The molecule has 0 saturated heterocycles. The number of benzene rings is 1. The van der Waals surface area contributed by atoms with Gasteiger partial charge in [-0.05, 0) is 37.5 Å². The van der Waals surface area contributed by atoms with Crippen molar-refractivity contribution in [3.05, 3.63) is 29.3 Å². The van der Waals surface area contributed by atoms with E-state index in [1.54, 1.807) is 0 Å².